The molecule has 1 saturated carbocycles. The SMILES string of the molecule is NC(=S)c1cc(NCCC2CCC2)ccc1C(F)(F)F. The van der Waals surface area contributed by atoms with Gasteiger partial charge < -0.3 is 11.1 Å². The predicted octanol–water partition coefficient (Wildman–Crippen LogP) is 3.94. The Kier molecular flexibility index (Phi) is 4.52. The van der Waals surface area contributed by atoms with Crippen molar-refractivity contribution in [2.75, 3.05) is 11.9 Å². The van der Waals surface area contributed by atoms with Crippen LogP contribution in [0.4, 0.5) is 18.9 Å². The molecule has 0 bridgehead atoms. The fourth-order valence-electron chi connectivity index (χ4n) is 2.31. The standard InChI is InChI=1S/C14H17F3N2S/c15-14(16,17)12-5-4-10(8-11(12)13(18)20)19-7-6-9-2-1-3-9/h4-5,8-9,19H,1-3,6-7H2,(H2,18,20). The normalized spacial score (nSPS) is 15.8. The van der Waals surface area contributed by atoms with Gasteiger partial charge in [-0.2, -0.15) is 13.2 Å². The lowest BCUT2D eigenvalue weighted by Gasteiger charge is -2.25. The summed E-state index contributed by atoms with van der Waals surface area (Å²) >= 11 is 4.71. The number of benzene rings is 1. The van der Waals surface area contributed by atoms with Crippen LogP contribution in [0, 0.1) is 5.92 Å². The average Bonchev–Trinajstić information content (AvgIpc) is 2.30. The molecule has 1 aliphatic carbocycles. The van der Waals surface area contributed by atoms with Crippen molar-refractivity contribution in [3.05, 3.63) is 29.3 Å². The molecule has 0 amide bonds. The Morgan fingerprint density at radius 2 is 2.05 bits per heavy atom. The summed E-state index contributed by atoms with van der Waals surface area (Å²) in [7, 11) is 0. The van der Waals surface area contributed by atoms with Crippen molar-refractivity contribution in [1.82, 2.24) is 0 Å². The maximum Gasteiger partial charge on any atom is 0.417 e. The third-order valence-corrected chi connectivity index (χ3v) is 3.92. The molecule has 0 spiro atoms. The van der Waals surface area contributed by atoms with Gasteiger partial charge in [0.15, 0.2) is 0 Å². The Morgan fingerprint density at radius 3 is 2.55 bits per heavy atom. The van der Waals surface area contributed by atoms with E-state index in [1.807, 2.05) is 0 Å². The topological polar surface area (TPSA) is 38.0 Å². The van der Waals surface area contributed by atoms with Gasteiger partial charge in [0.05, 0.1) is 5.56 Å². The number of alkyl halides is 3. The Morgan fingerprint density at radius 1 is 1.35 bits per heavy atom. The summed E-state index contributed by atoms with van der Waals surface area (Å²) in [4.78, 5) is -0.236. The van der Waals surface area contributed by atoms with Crippen LogP contribution in [0.1, 0.15) is 36.8 Å². The lowest BCUT2D eigenvalue weighted by atomic mass is 9.83. The van der Waals surface area contributed by atoms with Crippen molar-refractivity contribution in [3.8, 4) is 0 Å². The fourth-order valence-corrected chi connectivity index (χ4v) is 2.48. The summed E-state index contributed by atoms with van der Waals surface area (Å²) in [5, 5.41) is 3.14. The van der Waals surface area contributed by atoms with E-state index in [0.717, 1.165) is 24.9 Å². The highest BCUT2D eigenvalue weighted by atomic mass is 32.1. The smallest absolute Gasteiger partial charge is 0.389 e. The largest absolute Gasteiger partial charge is 0.417 e. The van der Waals surface area contributed by atoms with Crippen LogP contribution in [-0.4, -0.2) is 11.5 Å². The minimum atomic E-state index is -4.44. The molecule has 0 atom stereocenters. The number of hydrogen-bond acceptors (Lipinski definition) is 2. The molecule has 1 fully saturated rings. The molecule has 0 aliphatic heterocycles. The van der Waals surface area contributed by atoms with E-state index in [-0.39, 0.29) is 10.6 Å². The first-order valence-electron chi connectivity index (χ1n) is 6.63. The summed E-state index contributed by atoms with van der Waals surface area (Å²) < 4.78 is 38.4. The van der Waals surface area contributed by atoms with Gasteiger partial charge in [0.25, 0.3) is 0 Å². The third-order valence-electron chi connectivity index (χ3n) is 3.70. The third kappa shape index (κ3) is 3.62. The molecule has 0 radical (unpaired) electrons. The van der Waals surface area contributed by atoms with Gasteiger partial charge in [0.2, 0.25) is 0 Å². The molecule has 1 aliphatic rings. The summed E-state index contributed by atoms with van der Waals surface area (Å²) in [5.41, 5.74) is 5.11. The monoisotopic (exact) mass is 302 g/mol. The van der Waals surface area contributed by atoms with Crippen LogP contribution < -0.4 is 11.1 Å². The molecule has 2 rings (SSSR count). The molecule has 110 valence electrons. The van der Waals surface area contributed by atoms with E-state index in [1.54, 1.807) is 0 Å². The molecule has 0 unspecified atom stereocenters. The number of nitrogens with two attached hydrogens (primary N) is 1. The maximum absolute atomic E-state index is 12.8. The Bertz CT molecular complexity index is 496. The minimum absolute atomic E-state index is 0.124. The van der Waals surface area contributed by atoms with Gasteiger partial charge in [0.1, 0.15) is 4.99 Å². The van der Waals surface area contributed by atoms with E-state index in [9.17, 15) is 13.2 Å². The van der Waals surface area contributed by atoms with Crippen LogP contribution in [0.5, 0.6) is 0 Å². The maximum atomic E-state index is 12.8. The number of hydrogen-bond donors (Lipinski definition) is 2. The van der Waals surface area contributed by atoms with Crippen LogP contribution >= 0.6 is 12.2 Å². The highest BCUT2D eigenvalue weighted by Crippen LogP contribution is 2.33. The molecule has 6 heteroatoms. The molecule has 0 aromatic heterocycles. The van der Waals surface area contributed by atoms with Crippen LogP contribution in [0.2, 0.25) is 0 Å². The van der Waals surface area contributed by atoms with E-state index in [2.05, 4.69) is 5.32 Å². The number of nitrogens with one attached hydrogen (secondary N) is 1. The Labute approximate surface area is 121 Å². The zero-order valence-electron chi connectivity index (χ0n) is 11.0. The molecule has 3 N–H and O–H groups in total. The molecule has 2 nitrogen and oxygen atoms in total. The van der Waals surface area contributed by atoms with Crippen molar-refractivity contribution < 1.29 is 13.2 Å². The predicted molar refractivity (Wildman–Crippen MR) is 77.8 cm³/mol. The highest BCUT2D eigenvalue weighted by molar-refractivity contribution is 7.80. The Balaban J connectivity index is 2.06. The van der Waals surface area contributed by atoms with Crippen molar-refractivity contribution in [2.45, 2.75) is 31.9 Å². The Hall–Kier alpha value is -1.30. The van der Waals surface area contributed by atoms with Crippen molar-refractivity contribution >= 4 is 22.9 Å². The molecular weight excluding hydrogens is 285 g/mol. The van der Waals surface area contributed by atoms with Gasteiger partial charge in [-0.25, -0.2) is 0 Å². The number of thiocarbonyl (C=S) groups is 1. The molecule has 1 aromatic carbocycles. The van der Waals surface area contributed by atoms with E-state index in [4.69, 9.17) is 18.0 Å². The van der Waals surface area contributed by atoms with E-state index in [0.29, 0.717) is 5.69 Å². The summed E-state index contributed by atoms with van der Waals surface area (Å²) in [6, 6.07) is 3.83. The molecule has 0 saturated heterocycles. The molecule has 1 aromatic rings. The molecule has 20 heavy (non-hydrogen) atoms. The lowest BCUT2D eigenvalue weighted by molar-refractivity contribution is -0.137. The zero-order valence-corrected chi connectivity index (χ0v) is 11.8. The van der Waals surface area contributed by atoms with Crippen LogP contribution in [0.25, 0.3) is 0 Å². The van der Waals surface area contributed by atoms with Gasteiger partial charge in [-0.3, -0.25) is 0 Å². The summed E-state index contributed by atoms with van der Waals surface area (Å²) in [5.74, 6) is 0.756. The summed E-state index contributed by atoms with van der Waals surface area (Å²) in [6.07, 6.45) is 0.406. The first-order valence-corrected chi connectivity index (χ1v) is 7.03. The highest BCUT2D eigenvalue weighted by Gasteiger charge is 2.34. The van der Waals surface area contributed by atoms with E-state index >= 15 is 0 Å². The van der Waals surface area contributed by atoms with Crippen LogP contribution in [0.15, 0.2) is 18.2 Å². The quantitative estimate of drug-likeness (QED) is 0.809. The van der Waals surface area contributed by atoms with Crippen LogP contribution in [-0.2, 0) is 6.18 Å². The first kappa shape index (κ1) is 15.1. The van der Waals surface area contributed by atoms with E-state index < -0.39 is 11.7 Å². The molecular formula is C14H17F3N2S. The van der Waals surface area contributed by atoms with Crippen molar-refractivity contribution in [3.63, 3.8) is 0 Å². The summed E-state index contributed by atoms with van der Waals surface area (Å²) in [6.45, 7) is 0.757. The second-order valence-electron chi connectivity index (χ2n) is 5.13. The van der Waals surface area contributed by atoms with Crippen molar-refractivity contribution in [2.24, 2.45) is 11.7 Å². The van der Waals surface area contributed by atoms with Crippen LogP contribution in [0.3, 0.4) is 0 Å². The van der Waals surface area contributed by atoms with E-state index in [1.165, 1.54) is 31.4 Å². The fraction of sp³-hybridized carbons (Fsp3) is 0.500. The van der Waals surface area contributed by atoms with Gasteiger partial charge in [-0.05, 0) is 30.5 Å². The lowest BCUT2D eigenvalue weighted by Crippen LogP contribution is -2.19. The average molecular weight is 302 g/mol. The minimum Gasteiger partial charge on any atom is -0.389 e. The van der Waals surface area contributed by atoms with Gasteiger partial charge in [0, 0.05) is 17.8 Å². The van der Waals surface area contributed by atoms with Gasteiger partial charge in [-0.15, -0.1) is 0 Å². The molecule has 0 heterocycles. The van der Waals surface area contributed by atoms with Crippen molar-refractivity contribution in [1.29, 1.82) is 0 Å². The number of rotatable bonds is 5. The first-order chi connectivity index (χ1) is 9.38. The number of halogens is 3. The van der Waals surface area contributed by atoms with Gasteiger partial charge in [-0.1, -0.05) is 31.5 Å². The zero-order chi connectivity index (χ0) is 14.8. The second kappa shape index (κ2) is 5.99. The number of anilines is 1. The second-order valence-corrected chi connectivity index (χ2v) is 5.57. The van der Waals surface area contributed by atoms with Gasteiger partial charge >= 0.3 is 6.18 Å².